The van der Waals surface area contributed by atoms with Gasteiger partial charge in [-0.2, -0.15) is 0 Å². The number of hydrogen-bond acceptors (Lipinski definition) is 3. The van der Waals surface area contributed by atoms with E-state index in [-0.39, 0.29) is 5.91 Å². The molecule has 1 aromatic carbocycles. The van der Waals surface area contributed by atoms with Crippen molar-refractivity contribution < 1.29 is 14.0 Å². The van der Waals surface area contributed by atoms with Gasteiger partial charge in [-0.15, -0.1) is 0 Å². The van der Waals surface area contributed by atoms with Gasteiger partial charge >= 0.3 is 0 Å². The molecule has 2 unspecified atom stereocenters. The van der Waals surface area contributed by atoms with E-state index in [0.29, 0.717) is 19.1 Å². The number of carbonyl (C=O) groups is 1. The molecule has 1 aliphatic rings. The van der Waals surface area contributed by atoms with Crippen molar-refractivity contribution in [2.24, 2.45) is 5.92 Å². The Labute approximate surface area is 162 Å². The highest BCUT2D eigenvalue weighted by Crippen LogP contribution is 2.18. The first-order valence-electron chi connectivity index (χ1n) is 9.77. The minimum Gasteiger partial charge on any atom is -0.383 e. The number of quaternary nitrogens is 1. The molecule has 0 radical (unpaired) electrons. The number of nitrogens with one attached hydrogen (secondary N) is 2. The fourth-order valence-electron chi connectivity index (χ4n) is 3.83. The third kappa shape index (κ3) is 5.75. The number of benzene rings is 1. The molecule has 0 bridgehead atoms. The summed E-state index contributed by atoms with van der Waals surface area (Å²) in [7, 11) is 3.86. The van der Waals surface area contributed by atoms with Gasteiger partial charge in [0.25, 0.3) is 5.91 Å². The smallest absolute Gasteiger partial charge is 0.251 e. The fraction of sp³-hybridized carbons (Fsp3) is 0.545. The minimum absolute atomic E-state index is 0.0496. The molecule has 1 heterocycles. The van der Waals surface area contributed by atoms with Crippen molar-refractivity contribution >= 4 is 23.9 Å². The van der Waals surface area contributed by atoms with Gasteiger partial charge in [-0.1, -0.05) is 13.0 Å². The molecule has 5 heteroatoms. The molecule has 2 rings (SSSR count). The van der Waals surface area contributed by atoms with Crippen LogP contribution in [0.5, 0.6) is 0 Å². The summed E-state index contributed by atoms with van der Waals surface area (Å²) in [6.07, 6.45) is 6.49. The predicted molar refractivity (Wildman–Crippen MR) is 111 cm³/mol. The van der Waals surface area contributed by atoms with Gasteiger partial charge in [-0.25, -0.2) is 0 Å². The maximum absolute atomic E-state index is 12.5. The summed E-state index contributed by atoms with van der Waals surface area (Å²) in [4.78, 5) is 12.5. The molecule has 27 heavy (non-hydrogen) atoms. The van der Waals surface area contributed by atoms with Gasteiger partial charge in [0.05, 0.1) is 20.2 Å². The van der Waals surface area contributed by atoms with Gasteiger partial charge in [-0.05, 0) is 49.6 Å². The lowest BCUT2D eigenvalue weighted by molar-refractivity contribution is -0.827. The van der Waals surface area contributed by atoms with E-state index in [4.69, 9.17) is 10.1 Å². The predicted octanol–water partition coefficient (Wildman–Crippen LogP) is 1.81. The summed E-state index contributed by atoms with van der Waals surface area (Å²) in [6, 6.07) is 4.13. The van der Waals surface area contributed by atoms with Crippen LogP contribution in [0.2, 0.25) is 0 Å². The second kappa shape index (κ2) is 9.29. The van der Waals surface area contributed by atoms with Crippen molar-refractivity contribution in [2.75, 3.05) is 40.4 Å². The maximum Gasteiger partial charge on any atom is 0.251 e. The molecule has 2 N–H and O–H groups in total. The molecule has 1 aliphatic heterocycles. The van der Waals surface area contributed by atoms with Gasteiger partial charge in [0.15, 0.2) is 0 Å². The van der Waals surface area contributed by atoms with E-state index in [0.717, 1.165) is 52.5 Å². The third-order valence-electron chi connectivity index (χ3n) is 5.29. The average Bonchev–Trinajstić information content (AvgIpc) is 2.60. The lowest BCUT2D eigenvalue weighted by Crippen LogP contribution is -2.49. The van der Waals surface area contributed by atoms with Crippen molar-refractivity contribution in [2.45, 2.75) is 33.6 Å². The standard InChI is InChI=1S/C22H33N3O2/c1-6-18(12-17(3)23)14-25(4)9-7-19-11-16(2)21(13-20(19)15-25)22(26)24-8-10-27-5/h7,11,13,15,18,23H,6,8-10,12,14H2,1-5H3/p+1. The van der Waals surface area contributed by atoms with Crippen molar-refractivity contribution in [3.8, 4) is 0 Å². The maximum atomic E-state index is 12.5. The Bertz CT molecular complexity index is 816. The van der Waals surface area contributed by atoms with E-state index in [1.54, 1.807) is 7.11 Å². The second-order valence-corrected chi connectivity index (χ2v) is 7.98. The number of aryl methyl sites for hydroxylation is 1. The number of ether oxygens (including phenoxy) is 1. The first kappa shape index (κ1) is 21.3. The topological polar surface area (TPSA) is 62.2 Å². The van der Waals surface area contributed by atoms with E-state index in [1.165, 1.54) is 5.22 Å². The molecule has 5 nitrogen and oxygen atoms in total. The molecule has 0 spiro atoms. The Kier molecular flexibility index (Phi) is 7.33. The summed E-state index contributed by atoms with van der Waals surface area (Å²) in [6.45, 7) is 9.05. The van der Waals surface area contributed by atoms with Gasteiger partial charge in [0.1, 0.15) is 12.7 Å². The van der Waals surface area contributed by atoms with Crippen molar-refractivity contribution in [1.82, 2.24) is 5.32 Å². The number of rotatable bonds is 9. The summed E-state index contributed by atoms with van der Waals surface area (Å²) >= 11 is 0. The Morgan fingerprint density at radius 3 is 2.74 bits per heavy atom. The van der Waals surface area contributed by atoms with Crippen molar-refractivity contribution in [3.05, 3.63) is 33.7 Å². The molecule has 148 valence electrons. The molecule has 0 aliphatic carbocycles. The Morgan fingerprint density at radius 1 is 1.37 bits per heavy atom. The molecular formula is C22H34N3O2+. The van der Waals surface area contributed by atoms with E-state index in [2.05, 4.69) is 37.6 Å². The van der Waals surface area contributed by atoms with Crippen LogP contribution in [-0.4, -0.2) is 56.5 Å². The number of fused-ring (bicyclic) bond motifs is 1. The second-order valence-electron chi connectivity index (χ2n) is 7.98. The van der Waals surface area contributed by atoms with Crippen LogP contribution in [0.25, 0.3) is 12.3 Å². The zero-order chi connectivity index (χ0) is 20.0. The van der Waals surface area contributed by atoms with Gasteiger partial charge in [0, 0.05) is 36.1 Å². The summed E-state index contributed by atoms with van der Waals surface area (Å²) in [5.74, 6) is 0.451. The molecule has 1 aromatic rings. The van der Waals surface area contributed by atoms with E-state index in [9.17, 15) is 4.79 Å². The Morgan fingerprint density at radius 2 is 2.11 bits per heavy atom. The number of nitrogens with zero attached hydrogens (tertiary/aromatic N) is 1. The van der Waals surface area contributed by atoms with Gasteiger partial charge < -0.3 is 15.5 Å². The number of carbonyl (C=O) groups excluding carboxylic acids is 1. The quantitative estimate of drug-likeness (QED) is 0.394. The SMILES string of the molecule is CCC(CC(C)=N)C[N+]1(C)C=c2cc(C(=O)NCCOC)c(C)cc2=CC1. The van der Waals surface area contributed by atoms with E-state index >= 15 is 0 Å². The van der Waals surface area contributed by atoms with Crippen LogP contribution in [0.3, 0.4) is 0 Å². The molecule has 0 saturated carbocycles. The Hall–Kier alpha value is -1.98. The van der Waals surface area contributed by atoms with Crippen LogP contribution >= 0.6 is 0 Å². The average molecular weight is 373 g/mol. The van der Waals surface area contributed by atoms with Crippen LogP contribution in [-0.2, 0) is 4.74 Å². The van der Waals surface area contributed by atoms with E-state index < -0.39 is 0 Å². The summed E-state index contributed by atoms with van der Waals surface area (Å²) in [5.41, 5.74) is 2.47. The van der Waals surface area contributed by atoms with Crippen LogP contribution in [0, 0.1) is 18.3 Å². The molecule has 0 fully saturated rings. The van der Waals surface area contributed by atoms with E-state index in [1.807, 2.05) is 19.9 Å². The Balaban J connectivity index is 2.29. The lowest BCUT2D eigenvalue weighted by atomic mass is 9.97. The van der Waals surface area contributed by atoms with Crippen LogP contribution in [0.4, 0.5) is 0 Å². The fourth-order valence-corrected chi connectivity index (χ4v) is 3.83. The van der Waals surface area contributed by atoms with Gasteiger partial charge in [0.2, 0.25) is 0 Å². The summed E-state index contributed by atoms with van der Waals surface area (Å²) in [5, 5.41) is 13.1. The lowest BCUT2D eigenvalue weighted by Gasteiger charge is -2.34. The first-order valence-corrected chi connectivity index (χ1v) is 9.77. The molecule has 0 saturated heterocycles. The summed E-state index contributed by atoms with van der Waals surface area (Å²) < 4.78 is 5.82. The largest absolute Gasteiger partial charge is 0.383 e. The molecule has 1 amide bonds. The normalized spacial score (nSPS) is 19.4. The zero-order valence-corrected chi connectivity index (χ0v) is 17.4. The molecule has 2 atom stereocenters. The van der Waals surface area contributed by atoms with Gasteiger partial charge in [-0.3, -0.25) is 9.28 Å². The van der Waals surface area contributed by atoms with Crippen LogP contribution < -0.4 is 15.8 Å². The highest BCUT2D eigenvalue weighted by atomic mass is 16.5. The molecule has 0 aromatic heterocycles. The minimum atomic E-state index is -0.0496. The van der Waals surface area contributed by atoms with Crippen molar-refractivity contribution in [1.29, 1.82) is 5.41 Å². The highest BCUT2D eigenvalue weighted by Gasteiger charge is 2.25. The first-order chi connectivity index (χ1) is 12.8. The number of amides is 1. The number of methoxy groups -OCH3 is 1. The molecular weight excluding hydrogens is 338 g/mol. The highest BCUT2D eigenvalue weighted by molar-refractivity contribution is 5.95. The third-order valence-corrected chi connectivity index (χ3v) is 5.29. The zero-order valence-electron chi connectivity index (χ0n) is 17.4. The van der Waals surface area contributed by atoms with Crippen molar-refractivity contribution in [3.63, 3.8) is 0 Å². The van der Waals surface area contributed by atoms with Crippen LogP contribution in [0.15, 0.2) is 12.1 Å². The van der Waals surface area contributed by atoms with Crippen LogP contribution in [0.1, 0.15) is 42.6 Å². The monoisotopic (exact) mass is 372 g/mol. The number of hydrogen-bond donors (Lipinski definition) is 2.